The molecule has 1 aliphatic heterocycles. The molecule has 28 heavy (non-hydrogen) atoms. The van der Waals surface area contributed by atoms with E-state index < -0.39 is 0 Å². The summed E-state index contributed by atoms with van der Waals surface area (Å²) in [5, 5.41) is 1.09. The van der Waals surface area contributed by atoms with Gasteiger partial charge in [0.25, 0.3) is 0 Å². The predicted molar refractivity (Wildman–Crippen MR) is 112 cm³/mol. The monoisotopic (exact) mass is 366 g/mol. The molecule has 5 rings (SSSR count). The molecule has 0 amide bonds. The average molecular weight is 366 g/mol. The largest absolute Gasteiger partial charge is 0.452 e. The van der Waals surface area contributed by atoms with E-state index in [-0.39, 0.29) is 5.78 Å². The Morgan fingerprint density at radius 2 is 1.79 bits per heavy atom. The molecule has 4 aromatic rings. The zero-order valence-corrected chi connectivity index (χ0v) is 15.3. The summed E-state index contributed by atoms with van der Waals surface area (Å²) in [4.78, 5) is 12.8. The number of nitrogens with zero attached hydrogens (tertiary/aromatic N) is 1. The Hall–Kier alpha value is -3.79. The summed E-state index contributed by atoms with van der Waals surface area (Å²) in [7, 11) is 2.01. The van der Waals surface area contributed by atoms with Crippen LogP contribution >= 0.6 is 0 Å². The molecule has 0 saturated carbocycles. The number of carbonyl (C=O) groups excluding carboxylic acids is 1. The van der Waals surface area contributed by atoms with Crippen molar-refractivity contribution in [2.75, 3.05) is 5.73 Å². The maximum Gasteiger partial charge on any atom is 0.232 e. The molecule has 0 bridgehead atoms. The normalized spacial score (nSPS) is 14.5. The minimum Gasteiger partial charge on any atom is -0.452 e. The number of benzene rings is 3. The van der Waals surface area contributed by atoms with Gasteiger partial charge in [0.2, 0.25) is 5.78 Å². The number of ketones is 1. The molecule has 0 radical (unpaired) electrons. The van der Waals surface area contributed by atoms with Gasteiger partial charge in [-0.2, -0.15) is 0 Å². The van der Waals surface area contributed by atoms with Crippen LogP contribution in [0.1, 0.15) is 15.9 Å². The number of hydrogen-bond donors (Lipinski definition) is 1. The molecular weight excluding hydrogens is 348 g/mol. The summed E-state index contributed by atoms with van der Waals surface area (Å²) in [5.74, 6) is 0.724. The number of carbonyl (C=O) groups is 1. The smallest absolute Gasteiger partial charge is 0.232 e. The highest BCUT2D eigenvalue weighted by Crippen LogP contribution is 2.36. The van der Waals surface area contributed by atoms with E-state index in [1.54, 1.807) is 18.2 Å². The van der Waals surface area contributed by atoms with Crippen LogP contribution in [0.25, 0.3) is 28.1 Å². The minimum atomic E-state index is -0.142. The van der Waals surface area contributed by atoms with Gasteiger partial charge in [-0.1, -0.05) is 42.5 Å². The number of allylic oxidation sites excluding steroid dienone is 1. The van der Waals surface area contributed by atoms with Crippen LogP contribution in [0, 0.1) is 0 Å². The number of hydrogen-bond acceptors (Lipinski definition) is 3. The number of anilines is 1. The SMILES string of the molecule is Cn1cc(/C=C2\Oc3ccc(N)cc3C2=O)c2c(-c3ccccc3)cccc21. The van der Waals surface area contributed by atoms with Crippen LogP contribution in [0.4, 0.5) is 5.69 Å². The number of ether oxygens (including phenoxy) is 1. The lowest BCUT2D eigenvalue weighted by Gasteiger charge is -2.06. The van der Waals surface area contributed by atoms with Crippen molar-refractivity contribution in [1.29, 1.82) is 0 Å². The standard InChI is InChI=1S/C24H18N2O2/c1-26-14-16(12-22-24(27)19-13-17(25)10-11-21(19)28-22)23-18(8-5-9-20(23)26)15-6-3-2-4-7-15/h2-14H,25H2,1H3/b22-12-. The van der Waals surface area contributed by atoms with Gasteiger partial charge in [0.05, 0.1) is 5.56 Å². The van der Waals surface area contributed by atoms with Crippen molar-refractivity contribution in [1.82, 2.24) is 4.57 Å². The first-order valence-electron chi connectivity index (χ1n) is 9.09. The first-order chi connectivity index (χ1) is 13.6. The van der Waals surface area contributed by atoms with Crippen LogP contribution in [-0.4, -0.2) is 10.4 Å². The topological polar surface area (TPSA) is 57.2 Å². The number of Topliss-reactive ketones (excluding diaryl/α,β-unsaturated/α-hetero) is 1. The van der Waals surface area contributed by atoms with E-state index in [0.717, 1.165) is 27.6 Å². The Bertz CT molecular complexity index is 1270. The quantitative estimate of drug-likeness (QED) is 0.399. The van der Waals surface area contributed by atoms with Crippen molar-refractivity contribution in [3.8, 4) is 16.9 Å². The molecule has 1 aliphatic rings. The van der Waals surface area contributed by atoms with Crippen LogP contribution in [0.5, 0.6) is 5.75 Å². The van der Waals surface area contributed by atoms with Crippen LogP contribution in [0.2, 0.25) is 0 Å². The van der Waals surface area contributed by atoms with Gasteiger partial charge in [-0.3, -0.25) is 4.79 Å². The highest BCUT2D eigenvalue weighted by molar-refractivity contribution is 6.16. The van der Waals surface area contributed by atoms with Crippen LogP contribution in [0.3, 0.4) is 0 Å². The number of nitrogen functional groups attached to an aromatic ring is 1. The Balaban J connectivity index is 1.69. The second kappa shape index (κ2) is 6.13. The summed E-state index contributed by atoms with van der Waals surface area (Å²) < 4.78 is 7.90. The fourth-order valence-electron chi connectivity index (χ4n) is 3.80. The van der Waals surface area contributed by atoms with Gasteiger partial charge in [0.15, 0.2) is 5.76 Å². The van der Waals surface area contributed by atoms with Gasteiger partial charge in [0.1, 0.15) is 5.75 Å². The van der Waals surface area contributed by atoms with Crippen molar-refractivity contribution < 1.29 is 9.53 Å². The lowest BCUT2D eigenvalue weighted by atomic mass is 9.98. The molecule has 136 valence electrons. The summed E-state index contributed by atoms with van der Waals surface area (Å²) >= 11 is 0. The number of aromatic nitrogens is 1. The molecule has 0 aliphatic carbocycles. The third kappa shape index (κ3) is 2.50. The predicted octanol–water partition coefficient (Wildman–Crippen LogP) is 5.04. The Morgan fingerprint density at radius 3 is 2.61 bits per heavy atom. The van der Waals surface area contributed by atoms with Crippen molar-refractivity contribution in [2.24, 2.45) is 7.05 Å². The van der Waals surface area contributed by atoms with Crippen LogP contribution in [-0.2, 0) is 7.05 Å². The Kier molecular flexibility index (Phi) is 3.59. The van der Waals surface area contributed by atoms with Crippen molar-refractivity contribution in [2.45, 2.75) is 0 Å². The first-order valence-corrected chi connectivity index (χ1v) is 9.09. The summed E-state index contributed by atoms with van der Waals surface area (Å²) in [6, 6.07) is 21.6. The average Bonchev–Trinajstić information content (AvgIpc) is 3.20. The number of aryl methyl sites for hydroxylation is 1. The van der Waals surface area contributed by atoms with Crippen LogP contribution in [0.15, 0.2) is 78.7 Å². The summed E-state index contributed by atoms with van der Waals surface area (Å²) in [5.41, 5.74) is 11.2. The Labute approximate surface area is 162 Å². The molecule has 0 unspecified atom stereocenters. The van der Waals surface area contributed by atoms with Gasteiger partial charge in [-0.15, -0.1) is 0 Å². The van der Waals surface area contributed by atoms with E-state index in [1.165, 1.54) is 0 Å². The molecule has 4 nitrogen and oxygen atoms in total. The van der Waals surface area contributed by atoms with E-state index in [0.29, 0.717) is 22.8 Å². The Morgan fingerprint density at radius 1 is 0.964 bits per heavy atom. The molecule has 0 atom stereocenters. The molecule has 2 N–H and O–H groups in total. The first kappa shape index (κ1) is 16.4. The maximum absolute atomic E-state index is 12.8. The molecular formula is C24H18N2O2. The molecule has 3 aromatic carbocycles. The van der Waals surface area contributed by atoms with E-state index in [9.17, 15) is 4.79 Å². The van der Waals surface area contributed by atoms with Crippen molar-refractivity contribution >= 4 is 28.4 Å². The maximum atomic E-state index is 12.8. The summed E-state index contributed by atoms with van der Waals surface area (Å²) in [6.07, 6.45) is 3.85. The molecule has 2 heterocycles. The van der Waals surface area contributed by atoms with Gasteiger partial charge in [-0.05, 0) is 41.5 Å². The zero-order valence-electron chi connectivity index (χ0n) is 15.3. The fourth-order valence-corrected chi connectivity index (χ4v) is 3.80. The second-order valence-electron chi connectivity index (χ2n) is 6.96. The summed E-state index contributed by atoms with van der Waals surface area (Å²) in [6.45, 7) is 0. The fraction of sp³-hybridized carbons (Fsp3) is 0.0417. The van der Waals surface area contributed by atoms with Gasteiger partial charge in [0, 0.05) is 35.4 Å². The third-order valence-corrected chi connectivity index (χ3v) is 5.11. The van der Waals surface area contributed by atoms with Gasteiger partial charge < -0.3 is 15.0 Å². The van der Waals surface area contributed by atoms with E-state index in [4.69, 9.17) is 10.5 Å². The highest BCUT2D eigenvalue weighted by atomic mass is 16.5. The van der Waals surface area contributed by atoms with E-state index in [1.807, 2.05) is 37.5 Å². The van der Waals surface area contributed by atoms with Crippen molar-refractivity contribution in [3.05, 3.63) is 89.8 Å². The third-order valence-electron chi connectivity index (χ3n) is 5.11. The molecule has 1 aromatic heterocycles. The number of fused-ring (bicyclic) bond motifs is 2. The van der Waals surface area contributed by atoms with E-state index >= 15 is 0 Å². The molecule has 4 heteroatoms. The second-order valence-corrected chi connectivity index (χ2v) is 6.96. The number of nitrogens with two attached hydrogens (primary N) is 1. The van der Waals surface area contributed by atoms with Gasteiger partial charge >= 0.3 is 0 Å². The zero-order chi connectivity index (χ0) is 19.3. The minimum absolute atomic E-state index is 0.142. The van der Waals surface area contributed by atoms with Crippen molar-refractivity contribution in [3.63, 3.8) is 0 Å². The molecule has 0 spiro atoms. The number of rotatable bonds is 2. The molecule has 0 saturated heterocycles. The lowest BCUT2D eigenvalue weighted by molar-refractivity contribution is 0.101. The van der Waals surface area contributed by atoms with Gasteiger partial charge in [-0.25, -0.2) is 0 Å². The molecule has 0 fully saturated rings. The lowest BCUT2D eigenvalue weighted by Crippen LogP contribution is -1.98. The highest BCUT2D eigenvalue weighted by Gasteiger charge is 2.28. The van der Waals surface area contributed by atoms with E-state index in [2.05, 4.69) is 34.9 Å². The van der Waals surface area contributed by atoms with Crippen LogP contribution < -0.4 is 10.5 Å².